The van der Waals surface area contributed by atoms with Crippen molar-refractivity contribution in [2.45, 2.75) is 25.8 Å². The lowest BCUT2D eigenvalue weighted by atomic mass is 10.2. The Labute approximate surface area is 128 Å². The van der Waals surface area contributed by atoms with E-state index in [4.69, 9.17) is 4.42 Å². The Morgan fingerprint density at radius 1 is 1.57 bits per heavy atom. The van der Waals surface area contributed by atoms with Gasteiger partial charge in [0, 0.05) is 25.0 Å². The molecule has 1 amide bonds. The van der Waals surface area contributed by atoms with Crippen molar-refractivity contribution in [3.63, 3.8) is 0 Å². The molecule has 0 spiro atoms. The van der Waals surface area contributed by atoms with Gasteiger partial charge >= 0.3 is 0 Å². The summed E-state index contributed by atoms with van der Waals surface area (Å²) in [5.74, 6) is 1.76. The van der Waals surface area contributed by atoms with E-state index in [0.717, 1.165) is 41.7 Å². The summed E-state index contributed by atoms with van der Waals surface area (Å²) in [4.78, 5) is 18.6. The molecule has 2 aromatic rings. The molecular formula is C15H19N3O2S. The van der Waals surface area contributed by atoms with Crippen molar-refractivity contribution in [1.82, 2.24) is 15.2 Å². The summed E-state index contributed by atoms with van der Waals surface area (Å²) in [5.41, 5.74) is 0.812. The Hall–Kier alpha value is -1.66. The number of carbonyl (C=O) groups excluding carboxylic acids is 1. The molecule has 1 aliphatic heterocycles. The molecule has 1 atom stereocenters. The van der Waals surface area contributed by atoms with E-state index < -0.39 is 0 Å². The Bertz CT molecular complexity index is 628. The molecule has 3 heterocycles. The van der Waals surface area contributed by atoms with Crippen LogP contribution in [0.5, 0.6) is 0 Å². The smallest absolute Gasteiger partial charge is 0.228 e. The number of nitrogens with zero attached hydrogens (tertiary/aromatic N) is 2. The Morgan fingerprint density at radius 2 is 2.43 bits per heavy atom. The standard InChI is InChI=1S/C15H19N3O2S/c1-10-3-4-13(20-10)15-17-11(9-21-15)7-14(19)18(2)12-5-6-16-8-12/h3-4,9,12,16H,5-8H2,1-2H3. The molecule has 1 unspecified atom stereocenters. The van der Waals surface area contributed by atoms with Gasteiger partial charge < -0.3 is 14.6 Å². The van der Waals surface area contributed by atoms with Gasteiger partial charge in [-0.25, -0.2) is 4.98 Å². The SMILES string of the molecule is Cc1ccc(-c2nc(CC(=O)N(C)C3CCNC3)cs2)o1. The quantitative estimate of drug-likeness (QED) is 0.939. The van der Waals surface area contributed by atoms with Crippen molar-refractivity contribution in [2.75, 3.05) is 20.1 Å². The number of thiazole rings is 1. The molecule has 1 fully saturated rings. The van der Waals surface area contributed by atoms with Crippen LogP contribution in [0.4, 0.5) is 0 Å². The van der Waals surface area contributed by atoms with Crippen LogP contribution < -0.4 is 5.32 Å². The van der Waals surface area contributed by atoms with Gasteiger partial charge in [0.05, 0.1) is 12.1 Å². The minimum Gasteiger partial charge on any atom is -0.459 e. The fourth-order valence-electron chi connectivity index (χ4n) is 2.50. The molecule has 0 aromatic carbocycles. The second-order valence-corrected chi connectivity index (χ2v) is 6.24. The lowest BCUT2D eigenvalue weighted by Crippen LogP contribution is -2.39. The number of furan rings is 1. The van der Waals surface area contributed by atoms with E-state index >= 15 is 0 Å². The van der Waals surface area contributed by atoms with Crippen LogP contribution in [0.3, 0.4) is 0 Å². The molecule has 0 aliphatic carbocycles. The molecule has 2 aromatic heterocycles. The Morgan fingerprint density at radius 3 is 3.10 bits per heavy atom. The summed E-state index contributed by atoms with van der Waals surface area (Å²) in [7, 11) is 1.88. The normalized spacial score (nSPS) is 18.1. The van der Waals surface area contributed by atoms with Crippen molar-refractivity contribution in [2.24, 2.45) is 0 Å². The number of aromatic nitrogens is 1. The summed E-state index contributed by atoms with van der Waals surface area (Å²) in [6.07, 6.45) is 1.37. The summed E-state index contributed by atoms with van der Waals surface area (Å²) >= 11 is 1.51. The van der Waals surface area contributed by atoms with Crippen LogP contribution in [0.1, 0.15) is 17.9 Å². The highest BCUT2D eigenvalue weighted by molar-refractivity contribution is 7.13. The molecule has 1 aliphatic rings. The van der Waals surface area contributed by atoms with Crippen LogP contribution in [0.15, 0.2) is 21.9 Å². The fourth-order valence-corrected chi connectivity index (χ4v) is 3.28. The molecule has 1 saturated heterocycles. The summed E-state index contributed by atoms with van der Waals surface area (Å²) < 4.78 is 5.56. The predicted octanol–water partition coefficient (Wildman–Crippen LogP) is 2.07. The molecule has 112 valence electrons. The molecule has 0 bridgehead atoms. The number of aryl methyl sites for hydroxylation is 1. The van der Waals surface area contributed by atoms with Gasteiger partial charge in [-0.3, -0.25) is 4.79 Å². The zero-order valence-electron chi connectivity index (χ0n) is 12.3. The highest BCUT2D eigenvalue weighted by atomic mass is 32.1. The largest absolute Gasteiger partial charge is 0.459 e. The molecular weight excluding hydrogens is 286 g/mol. The minimum absolute atomic E-state index is 0.121. The molecule has 0 saturated carbocycles. The van der Waals surface area contributed by atoms with E-state index in [-0.39, 0.29) is 5.91 Å². The predicted molar refractivity (Wildman–Crippen MR) is 82.3 cm³/mol. The second-order valence-electron chi connectivity index (χ2n) is 5.38. The van der Waals surface area contributed by atoms with Crippen LogP contribution in [0.25, 0.3) is 10.8 Å². The number of amides is 1. The third kappa shape index (κ3) is 3.16. The van der Waals surface area contributed by atoms with Gasteiger partial charge in [-0.2, -0.15) is 0 Å². The molecule has 6 heteroatoms. The third-order valence-corrected chi connectivity index (χ3v) is 4.72. The average molecular weight is 305 g/mol. The number of likely N-dealkylation sites (N-methyl/N-ethyl adjacent to an activating group) is 1. The number of hydrogen-bond acceptors (Lipinski definition) is 5. The number of nitrogens with one attached hydrogen (secondary N) is 1. The maximum atomic E-state index is 12.3. The van der Waals surface area contributed by atoms with E-state index in [1.54, 1.807) is 0 Å². The Balaban J connectivity index is 1.65. The summed E-state index contributed by atoms with van der Waals surface area (Å²) in [6.45, 7) is 3.78. The van der Waals surface area contributed by atoms with Gasteiger partial charge in [-0.05, 0) is 32.0 Å². The van der Waals surface area contributed by atoms with Gasteiger partial charge in [0.25, 0.3) is 0 Å². The topological polar surface area (TPSA) is 58.4 Å². The Kier molecular flexibility index (Phi) is 4.07. The van der Waals surface area contributed by atoms with Crippen LogP contribution in [0.2, 0.25) is 0 Å². The molecule has 3 rings (SSSR count). The van der Waals surface area contributed by atoms with Crippen LogP contribution in [-0.2, 0) is 11.2 Å². The van der Waals surface area contributed by atoms with Crippen molar-refractivity contribution in [3.8, 4) is 10.8 Å². The highest BCUT2D eigenvalue weighted by Gasteiger charge is 2.23. The van der Waals surface area contributed by atoms with E-state index in [1.807, 2.05) is 36.4 Å². The molecule has 0 radical (unpaired) electrons. The lowest BCUT2D eigenvalue weighted by molar-refractivity contribution is -0.130. The minimum atomic E-state index is 0.121. The monoisotopic (exact) mass is 305 g/mol. The fraction of sp³-hybridized carbons (Fsp3) is 0.467. The first kappa shape index (κ1) is 14.3. The number of carbonyl (C=O) groups is 1. The zero-order chi connectivity index (χ0) is 14.8. The van der Waals surface area contributed by atoms with Gasteiger partial charge in [0.1, 0.15) is 5.76 Å². The highest BCUT2D eigenvalue weighted by Crippen LogP contribution is 2.25. The van der Waals surface area contributed by atoms with E-state index in [0.29, 0.717) is 12.5 Å². The lowest BCUT2D eigenvalue weighted by Gasteiger charge is -2.23. The van der Waals surface area contributed by atoms with Gasteiger partial charge in [0.2, 0.25) is 5.91 Å². The zero-order valence-corrected chi connectivity index (χ0v) is 13.1. The average Bonchev–Trinajstić information content (AvgIpc) is 3.17. The van der Waals surface area contributed by atoms with Crippen molar-refractivity contribution in [1.29, 1.82) is 0 Å². The van der Waals surface area contributed by atoms with E-state index in [2.05, 4.69) is 10.3 Å². The summed E-state index contributed by atoms with van der Waals surface area (Å²) in [6, 6.07) is 4.14. The molecule has 21 heavy (non-hydrogen) atoms. The van der Waals surface area contributed by atoms with Gasteiger partial charge in [-0.1, -0.05) is 0 Å². The molecule has 5 nitrogen and oxygen atoms in total. The summed E-state index contributed by atoms with van der Waals surface area (Å²) in [5, 5.41) is 6.05. The first-order valence-corrected chi connectivity index (χ1v) is 7.99. The van der Waals surface area contributed by atoms with Gasteiger partial charge in [0.15, 0.2) is 10.8 Å². The van der Waals surface area contributed by atoms with Crippen LogP contribution >= 0.6 is 11.3 Å². The van der Waals surface area contributed by atoms with Crippen LogP contribution in [-0.4, -0.2) is 42.0 Å². The van der Waals surface area contributed by atoms with Crippen LogP contribution in [0, 0.1) is 6.92 Å². The van der Waals surface area contributed by atoms with Crippen molar-refractivity contribution >= 4 is 17.2 Å². The first-order chi connectivity index (χ1) is 10.1. The number of hydrogen-bond donors (Lipinski definition) is 1. The van der Waals surface area contributed by atoms with Crippen molar-refractivity contribution < 1.29 is 9.21 Å². The van der Waals surface area contributed by atoms with Gasteiger partial charge in [-0.15, -0.1) is 11.3 Å². The third-order valence-electron chi connectivity index (χ3n) is 3.81. The maximum Gasteiger partial charge on any atom is 0.228 e. The first-order valence-electron chi connectivity index (χ1n) is 7.11. The van der Waals surface area contributed by atoms with Crippen molar-refractivity contribution in [3.05, 3.63) is 29.0 Å². The maximum absolute atomic E-state index is 12.3. The molecule has 1 N–H and O–H groups in total. The second kappa shape index (κ2) is 5.99. The van der Waals surface area contributed by atoms with E-state index in [1.165, 1.54) is 11.3 Å². The van der Waals surface area contributed by atoms with E-state index in [9.17, 15) is 4.79 Å². The number of rotatable bonds is 4.